The van der Waals surface area contributed by atoms with Crippen molar-refractivity contribution in [2.45, 2.75) is 47.1 Å². The summed E-state index contributed by atoms with van der Waals surface area (Å²) in [6.45, 7) is 9.96. The van der Waals surface area contributed by atoms with Crippen LogP contribution in [0.5, 0.6) is 0 Å². The lowest BCUT2D eigenvalue weighted by Gasteiger charge is -2.11. The highest BCUT2D eigenvalue weighted by Gasteiger charge is 2.18. The fraction of sp³-hybridized carbons (Fsp3) is 0.500. The Balaban J connectivity index is 2.31. The number of aryl methyl sites for hydroxylation is 3. The first-order chi connectivity index (χ1) is 10.8. The number of hydrogen-bond acceptors (Lipinski definition) is 5. The van der Waals surface area contributed by atoms with E-state index in [1.165, 1.54) is 0 Å². The monoisotopic (exact) mass is 316 g/mol. The zero-order valence-electron chi connectivity index (χ0n) is 14.3. The molecule has 7 heteroatoms. The van der Waals surface area contributed by atoms with Gasteiger partial charge in [0.2, 0.25) is 5.91 Å². The zero-order valence-corrected chi connectivity index (χ0v) is 14.3. The first-order valence-corrected chi connectivity index (χ1v) is 7.69. The molecule has 0 aliphatic carbocycles. The van der Waals surface area contributed by atoms with E-state index in [0.29, 0.717) is 12.5 Å². The fourth-order valence-electron chi connectivity index (χ4n) is 2.47. The van der Waals surface area contributed by atoms with Crippen molar-refractivity contribution in [3.63, 3.8) is 0 Å². The smallest absolute Gasteiger partial charge is 0.251 e. The topological polar surface area (TPSA) is 98.7 Å². The van der Waals surface area contributed by atoms with Gasteiger partial charge in [0.05, 0.1) is 12.1 Å². The number of amides is 1. The van der Waals surface area contributed by atoms with E-state index in [-0.39, 0.29) is 18.4 Å². The lowest BCUT2D eigenvalue weighted by atomic mass is 10.1. The van der Waals surface area contributed by atoms with Gasteiger partial charge in [0.15, 0.2) is 0 Å². The van der Waals surface area contributed by atoms with E-state index < -0.39 is 0 Å². The van der Waals surface area contributed by atoms with E-state index in [1.54, 1.807) is 4.68 Å². The Hall–Kier alpha value is -2.28. The van der Waals surface area contributed by atoms with Gasteiger partial charge in [-0.2, -0.15) is 5.10 Å². The van der Waals surface area contributed by atoms with Crippen molar-refractivity contribution in [1.29, 1.82) is 0 Å². The largest absolute Gasteiger partial charge is 0.352 e. The van der Waals surface area contributed by atoms with Crippen LogP contribution in [0.3, 0.4) is 0 Å². The predicted molar refractivity (Wildman–Crippen MR) is 88.5 cm³/mol. The summed E-state index contributed by atoms with van der Waals surface area (Å²) >= 11 is 0. The van der Waals surface area contributed by atoms with Crippen molar-refractivity contribution in [2.24, 2.45) is 5.73 Å². The van der Waals surface area contributed by atoms with Gasteiger partial charge in [-0.1, -0.05) is 0 Å². The summed E-state index contributed by atoms with van der Waals surface area (Å²) in [5.74, 6) is 0.472. The van der Waals surface area contributed by atoms with Crippen molar-refractivity contribution >= 4 is 5.91 Å². The molecule has 0 radical (unpaired) electrons. The Morgan fingerprint density at radius 3 is 2.43 bits per heavy atom. The molecular weight excluding hydrogens is 292 g/mol. The quantitative estimate of drug-likeness (QED) is 0.854. The Morgan fingerprint density at radius 2 is 1.87 bits per heavy atom. The highest BCUT2D eigenvalue weighted by Crippen LogP contribution is 2.17. The summed E-state index contributed by atoms with van der Waals surface area (Å²) in [4.78, 5) is 21.0. The highest BCUT2D eigenvalue weighted by molar-refractivity contribution is 5.79. The van der Waals surface area contributed by atoms with E-state index in [0.717, 1.165) is 28.3 Å². The molecule has 7 nitrogen and oxygen atoms in total. The molecule has 0 aliphatic rings. The van der Waals surface area contributed by atoms with Gasteiger partial charge in [-0.25, -0.2) is 14.6 Å². The molecule has 2 aromatic rings. The van der Waals surface area contributed by atoms with Crippen LogP contribution in [0, 0.1) is 27.7 Å². The van der Waals surface area contributed by atoms with E-state index in [4.69, 9.17) is 5.73 Å². The van der Waals surface area contributed by atoms with Gasteiger partial charge in [-0.05, 0) is 40.7 Å². The summed E-state index contributed by atoms with van der Waals surface area (Å²) < 4.78 is 1.70. The third-order valence-electron chi connectivity index (χ3n) is 3.70. The maximum absolute atomic E-state index is 12.1. The Kier molecular flexibility index (Phi) is 5.10. The number of rotatable bonds is 5. The van der Waals surface area contributed by atoms with Gasteiger partial charge in [0, 0.05) is 35.2 Å². The average molecular weight is 316 g/mol. The van der Waals surface area contributed by atoms with Crippen molar-refractivity contribution in [3.8, 4) is 5.95 Å². The SMILES string of the molecule is Cc1cc(C)nc(-n2nc(C)c(CC(=O)N[C@@H](C)CN)c2C)n1. The highest BCUT2D eigenvalue weighted by atomic mass is 16.1. The van der Waals surface area contributed by atoms with Gasteiger partial charge >= 0.3 is 0 Å². The Labute approximate surface area is 136 Å². The molecule has 2 rings (SSSR count). The molecule has 0 saturated heterocycles. The first-order valence-electron chi connectivity index (χ1n) is 7.69. The molecule has 0 spiro atoms. The molecule has 0 aliphatic heterocycles. The van der Waals surface area contributed by atoms with Crippen LogP contribution in [0.15, 0.2) is 6.07 Å². The van der Waals surface area contributed by atoms with Crippen LogP contribution in [0.2, 0.25) is 0 Å². The second-order valence-corrected chi connectivity index (χ2v) is 5.89. The van der Waals surface area contributed by atoms with Crippen LogP contribution in [0.1, 0.15) is 35.3 Å². The van der Waals surface area contributed by atoms with Crippen LogP contribution in [-0.2, 0) is 11.2 Å². The second-order valence-electron chi connectivity index (χ2n) is 5.89. The summed E-state index contributed by atoms with van der Waals surface area (Å²) in [5.41, 5.74) is 9.89. The molecule has 2 heterocycles. The third-order valence-corrected chi connectivity index (χ3v) is 3.70. The number of nitrogens with zero attached hydrogens (tertiary/aromatic N) is 4. The summed E-state index contributed by atoms with van der Waals surface area (Å²) in [5, 5.41) is 7.37. The molecule has 0 saturated carbocycles. The number of aromatic nitrogens is 4. The first kappa shape index (κ1) is 17.1. The Bertz CT molecular complexity index is 701. The number of carbonyl (C=O) groups excluding carboxylic acids is 1. The second kappa shape index (κ2) is 6.87. The zero-order chi connectivity index (χ0) is 17.1. The summed E-state index contributed by atoms with van der Waals surface area (Å²) in [6.07, 6.45) is 0.271. The number of hydrogen-bond donors (Lipinski definition) is 2. The fourth-order valence-corrected chi connectivity index (χ4v) is 2.47. The van der Waals surface area contributed by atoms with Crippen molar-refractivity contribution in [2.75, 3.05) is 6.54 Å². The van der Waals surface area contributed by atoms with Crippen LogP contribution in [-0.4, -0.2) is 38.2 Å². The van der Waals surface area contributed by atoms with Gasteiger partial charge < -0.3 is 11.1 Å². The van der Waals surface area contributed by atoms with Crippen molar-refractivity contribution in [1.82, 2.24) is 25.1 Å². The predicted octanol–water partition coefficient (Wildman–Crippen LogP) is 0.902. The van der Waals surface area contributed by atoms with Gasteiger partial charge in [0.25, 0.3) is 5.95 Å². The minimum absolute atomic E-state index is 0.0408. The molecular formula is C16H24N6O. The normalized spacial score (nSPS) is 12.3. The van der Waals surface area contributed by atoms with E-state index in [9.17, 15) is 4.79 Å². The number of nitrogens with two attached hydrogens (primary N) is 1. The van der Waals surface area contributed by atoms with Crippen molar-refractivity contribution in [3.05, 3.63) is 34.4 Å². The maximum atomic E-state index is 12.1. The molecule has 124 valence electrons. The van der Waals surface area contributed by atoms with Crippen LogP contribution in [0.25, 0.3) is 5.95 Å². The van der Waals surface area contributed by atoms with Gasteiger partial charge in [0.1, 0.15) is 0 Å². The average Bonchev–Trinajstić information content (AvgIpc) is 2.74. The van der Waals surface area contributed by atoms with Gasteiger partial charge in [-0.3, -0.25) is 4.79 Å². The molecule has 23 heavy (non-hydrogen) atoms. The molecule has 0 aromatic carbocycles. The minimum atomic E-state index is -0.0601. The van der Waals surface area contributed by atoms with E-state index >= 15 is 0 Å². The maximum Gasteiger partial charge on any atom is 0.251 e. The molecule has 0 fully saturated rings. The van der Waals surface area contributed by atoms with Crippen LogP contribution >= 0.6 is 0 Å². The summed E-state index contributed by atoms with van der Waals surface area (Å²) in [7, 11) is 0. The third kappa shape index (κ3) is 3.92. The molecule has 1 amide bonds. The summed E-state index contributed by atoms with van der Waals surface area (Å²) in [6, 6.07) is 1.87. The molecule has 2 aromatic heterocycles. The number of nitrogens with one attached hydrogen (secondary N) is 1. The molecule has 0 bridgehead atoms. The van der Waals surface area contributed by atoms with Crippen molar-refractivity contribution < 1.29 is 4.79 Å². The lowest BCUT2D eigenvalue weighted by molar-refractivity contribution is -0.121. The molecule has 0 unspecified atom stereocenters. The van der Waals surface area contributed by atoms with Crippen LogP contribution < -0.4 is 11.1 Å². The standard InChI is InChI=1S/C16H24N6O/c1-9-6-10(2)20-16(19-9)22-13(5)14(12(4)21-22)7-15(23)18-11(3)8-17/h6,11H,7-8,17H2,1-5H3,(H,18,23)/t11-/m0/s1. The lowest BCUT2D eigenvalue weighted by Crippen LogP contribution is -2.38. The van der Waals surface area contributed by atoms with E-state index in [1.807, 2.05) is 40.7 Å². The molecule has 1 atom stereocenters. The van der Waals surface area contributed by atoms with E-state index in [2.05, 4.69) is 20.4 Å². The van der Waals surface area contributed by atoms with Crippen LogP contribution in [0.4, 0.5) is 0 Å². The molecule has 3 N–H and O–H groups in total. The Morgan fingerprint density at radius 1 is 1.26 bits per heavy atom. The van der Waals surface area contributed by atoms with Gasteiger partial charge in [-0.15, -0.1) is 0 Å². The number of carbonyl (C=O) groups is 1. The minimum Gasteiger partial charge on any atom is -0.352 e.